The van der Waals surface area contributed by atoms with E-state index in [-0.39, 0.29) is 0 Å². The molecule has 0 spiro atoms. The molecule has 0 bridgehead atoms. The van der Waals surface area contributed by atoms with E-state index in [0.29, 0.717) is 17.9 Å². The quantitative estimate of drug-likeness (QED) is 0.783. The number of nitrogen functional groups attached to an aromatic ring is 1. The maximum absolute atomic E-state index is 11.2. The Kier molecular flexibility index (Phi) is 3.27. The molecule has 0 aliphatic heterocycles. The molecule has 4 N–H and O–H groups in total. The first-order valence-electron chi connectivity index (χ1n) is 5.68. The number of primary amides is 1. The third-order valence-corrected chi connectivity index (χ3v) is 2.71. The van der Waals surface area contributed by atoms with Crippen molar-refractivity contribution in [3.8, 4) is 11.4 Å². The predicted molar refractivity (Wildman–Crippen MR) is 68.4 cm³/mol. The number of rotatable bonds is 4. The summed E-state index contributed by atoms with van der Waals surface area (Å²) in [6.45, 7) is 1.87. The Balaban J connectivity index is 2.30. The highest BCUT2D eigenvalue weighted by Gasteiger charge is 2.17. The molecule has 1 heterocycles. The molecular formula is C12H15N5O. The zero-order valence-corrected chi connectivity index (χ0v) is 10.1. The van der Waals surface area contributed by atoms with Gasteiger partial charge in [0.05, 0.1) is 0 Å². The van der Waals surface area contributed by atoms with E-state index in [4.69, 9.17) is 11.5 Å². The normalized spacial score (nSPS) is 12.3. The smallest absolute Gasteiger partial charge is 0.242 e. The molecular weight excluding hydrogens is 230 g/mol. The minimum absolute atomic E-state index is 0.411. The number of nitrogens with two attached hydrogens (primary N) is 2. The summed E-state index contributed by atoms with van der Waals surface area (Å²) >= 11 is 0. The van der Waals surface area contributed by atoms with Gasteiger partial charge < -0.3 is 11.5 Å². The Bertz CT molecular complexity index is 546. The third-order valence-electron chi connectivity index (χ3n) is 2.71. The van der Waals surface area contributed by atoms with Crippen molar-refractivity contribution < 1.29 is 4.79 Å². The first kappa shape index (κ1) is 12.1. The van der Waals surface area contributed by atoms with Crippen molar-refractivity contribution in [3.05, 3.63) is 30.6 Å². The number of benzene rings is 1. The van der Waals surface area contributed by atoms with E-state index >= 15 is 0 Å². The fourth-order valence-electron chi connectivity index (χ4n) is 1.71. The van der Waals surface area contributed by atoms with Crippen LogP contribution in [-0.4, -0.2) is 20.7 Å². The van der Waals surface area contributed by atoms with E-state index in [1.807, 2.05) is 19.1 Å². The van der Waals surface area contributed by atoms with Gasteiger partial charge in [-0.1, -0.05) is 6.92 Å². The Morgan fingerprint density at radius 1 is 1.39 bits per heavy atom. The topological polar surface area (TPSA) is 99.8 Å². The maximum atomic E-state index is 11.2. The first-order chi connectivity index (χ1) is 8.61. The van der Waals surface area contributed by atoms with Crippen LogP contribution in [0.25, 0.3) is 11.4 Å². The van der Waals surface area contributed by atoms with Crippen molar-refractivity contribution in [2.45, 2.75) is 19.4 Å². The van der Waals surface area contributed by atoms with Crippen LogP contribution < -0.4 is 11.5 Å². The van der Waals surface area contributed by atoms with Crippen LogP contribution in [0.5, 0.6) is 0 Å². The molecule has 1 aromatic carbocycles. The standard InChI is InChI=1S/C12H15N5O/c1-2-10(11(14)18)17-7-15-12(16-17)8-3-5-9(13)6-4-8/h3-7,10H,2,13H2,1H3,(H2,14,18). The molecule has 0 radical (unpaired) electrons. The van der Waals surface area contributed by atoms with Gasteiger partial charge in [-0.2, -0.15) is 5.10 Å². The summed E-state index contributed by atoms with van der Waals surface area (Å²) in [5, 5.41) is 4.27. The van der Waals surface area contributed by atoms with E-state index in [9.17, 15) is 4.79 Å². The zero-order valence-electron chi connectivity index (χ0n) is 10.1. The van der Waals surface area contributed by atoms with Crippen LogP contribution in [0.3, 0.4) is 0 Å². The molecule has 0 fully saturated rings. The van der Waals surface area contributed by atoms with Crippen molar-refractivity contribution in [1.29, 1.82) is 0 Å². The van der Waals surface area contributed by atoms with E-state index < -0.39 is 11.9 Å². The third kappa shape index (κ3) is 2.32. The summed E-state index contributed by atoms with van der Waals surface area (Å²) in [6.07, 6.45) is 2.10. The number of nitrogens with zero attached hydrogens (tertiary/aromatic N) is 3. The van der Waals surface area contributed by atoms with Crippen LogP contribution in [-0.2, 0) is 4.79 Å². The summed E-state index contributed by atoms with van der Waals surface area (Å²) in [5.41, 5.74) is 12.4. The molecule has 1 atom stereocenters. The van der Waals surface area contributed by atoms with Gasteiger partial charge in [0, 0.05) is 11.3 Å². The lowest BCUT2D eigenvalue weighted by Crippen LogP contribution is -2.26. The molecule has 1 amide bonds. The highest BCUT2D eigenvalue weighted by molar-refractivity contribution is 5.78. The second kappa shape index (κ2) is 4.87. The van der Waals surface area contributed by atoms with Crippen LogP contribution in [0.2, 0.25) is 0 Å². The van der Waals surface area contributed by atoms with Crippen molar-refractivity contribution >= 4 is 11.6 Å². The van der Waals surface area contributed by atoms with Crippen LogP contribution in [0.15, 0.2) is 30.6 Å². The number of amides is 1. The van der Waals surface area contributed by atoms with Crippen LogP contribution in [0.1, 0.15) is 19.4 Å². The molecule has 2 aromatic rings. The second-order valence-corrected chi connectivity index (χ2v) is 4.00. The number of carbonyl (C=O) groups excluding carboxylic acids is 1. The second-order valence-electron chi connectivity index (χ2n) is 4.00. The minimum Gasteiger partial charge on any atom is -0.399 e. The Labute approximate surface area is 105 Å². The van der Waals surface area contributed by atoms with E-state index in [2.05, 4.69) is 10.1 Å². The summed E-state index contributed by atoms with van der Waals surface area (Å²) in [5.74, 6) is 0.140. The Hall–Kier alpha value is -2.37. The van der Waals surface area contributed by atoms with Crippen molar-refractivity contribution in [2.75, 3.05) is 5.73 Å². The summed E-state index contributed by atoms with van der Waals surface area (Å²) < 4.78 is 1.49. The van der Waals surface area contributed by atoms with E-state index in [1.165, 1.54) is 11.0 Å². The summed E-state index contributed by atoms with van der Waals surface area (Å²) in [7, 11) is 0. The van der Waals surface area contributed by atoms with Gasteiger partial charge in [-0.25, -0.2) is 9.67 Å². The molecule has 0 saturated heterocycles. The van der Waals surface area contributed by atoms with Gasteiger partial charge in [0.2, 0.25) is 5.91 Å². The van der Waals surface area contributed by atoms with Gasteiger partial charge in [-0.15, -0.1) is 0 Å². The fourth-order valence-corrected chi connectivity index (χ4v) is 1.71. The number of hydrogen-bond donors (Lipinski definition) is 2. The van der Waals surface area contributed by atoms with Crippen LogP contribution in [0, 0.1) is 0 Å². The molecule has 0 aliphatic rings. The first-order valence-corrected chi connectivity index (χ1v) is 5.68. The Morgan fingerprint density at radius 2 is 2.06 bits per heavy atom. The maximum Gasteiger partial charge on any atom is 0.242 e. The number of aromatic nitrogens is 3. The summed E-state index contributed by atoms with van der Waals surface area (Å²) in [6, 6.07) is 6.77. The predicted octanol–water partition coefficient (Wildman–Crippen LogP) is 0.964. The number of hydrogen-bond acceptors (Lipinski definition) is 4. The zero-order chi connectivity index (χ0) is 13.1. The monoisotopic (exact) mass is 245 g/mol. The number of carbonyl (C=O) groups is 1. The molecule has 1 aromatic heterocycles. The van der Waals surface area contributed by atoms with Gasteiger partial charge in [0.1, 0.15) is 12.4 Å². The molecule has 6 heteroatoms. The lowest BCUT2D eigenvalue weighted by atomic mass is 10.2. The molecule has 2 rings (SSSR count). The molecule has 0 saturated carbocycles. The average molecular weight is 245 g/mol. The Morgan fingerprint density at radius 3 is 2.61 bits per heavy atom. The molecule has 1 unspecified atom stereocenters. The van der Waals surface area contributed by atoms with Gasteiger partial charge in [-0.05, 0) is 30.7 Å². The van der Waals surface area contributed by atoms with E-state index in [1.54, 1.807) is 12.1 Å². The largest absolute Gasteiger partial charge is 0.399 e. The van der Waals surface area contributed by atoms with Crippen LogP contribution >= 0.6 is 0 Å². The van der Waals surface area contributed by atoms with Gasteiger partial charge in [0.25, 0.3) is 0 Å². The van der Waals surface area contributed by atoms with Gasteiger partial charge in [-0.3, -0.25) is 4.79 Å². The molecule has 6 nitrogen and oxygen atoms in total. The SMILES string of the molecule is CCC(C(N)=O)n1cnc(-c2ccc(N)cc2)n1. The van der Waals surface area contributed by atoms with Gasteiger partial charge in [0.15, 0.2) is 5.82 Å². The minimum atomic E-state index is -0.458. The van der Waals surface area contributed by atoms with Crippen molar-refractivity contribution in [2.24, 2.45) is 5.73 Å². The fraction of sp³-hybridized carbons (Fsp3) is 0.250. The van der Waals surface area contributed by atoms with Crippen molar-refractivity contribution in [1.82, 2.24) is 14.8 Å². The molecule has 0 aliphatic carbocycles. The molecule has 94 valence electrons. The summed E-state index contributed by atoms with van der Waals surface area (Å²) in [4.78, 5) is 15.4. The lowest BCUT2D eigenvalue weighted by Gasteiger charge is -2.09. The van der Waals surface area contributed by atoms with Gasteiger partial charge >= 0.3 is 0 Å². The lowest BCUT2D eigenvalue weighted by molar-refractivity contribution is -0.121. The van der Waals surface area contributed by atoms with Crippen LogP contribution in [0.4, 0.5) is 5.69 Å². The van der Waals surface area contributed by atoms with Crippen molar-refractivity contribution in [3.63, 3.8) is 0 Å². The molecule has 18 heavy (non-hydrogen) atoms. The highest BCUT2D eigenvalue weighted by atomic mass is 16.1. The van der Waals surface area contributed by atoms with E-state index in [0.717, 1.165) is 5.56 Å². The highest BCUT2D eigenvalue weighted by Crippen LogP contribution is 2.18. The number of anilines is 1. The average Bonchev–Trinajstić information content (AvgIpc) is 2.80.